The van der Waals surface area contributed by atoms with Crippen LogP contribution in [0.15, 0.2) is 25.7 Å². The Morgan fingerprint density at radius 3 is 2.38 bits per heavy atom. The molecule has 1 atom stereocenters. The SMILES string of the molecule is C=COCCCCCCC(CCC)OC=C. The van der Waals surface area contributed by atoms with Crippen LogP contribution in [0, 0.1) is 0 Å². The van der Waals surface area contributed by atoms with Gasteiger partial charge in [0.25, 0.3) is 0 Å². The molecular weight excluding hydrogens is 200 g/mol. The summed E-state index contributed by atoms with van der Waals surface area (Å²) in [5, 5.41) is 0. The average molecular weight is 226 g/mol. The van der Waals surface area contributed by atoms with Gasteiger partial charge in [-0.1, -0.05) is 39.3 Å². The van der Waals surface area contributed by atoms with Gasteiger partial charge < -0.3 is 9.47 Å². The minimum absolute atomic E-state index is 0.368. The number of rotatable bonds is 12. The zero-order valence-corrected chi connectivity index (χ0v) is 10.6. The third-order valence-corrected chi connectivity index (χ3v) is 2.56. The van der Waals surface area contributed by atoms with Crippen molar-refractivity contribution < 1.29 is 9.47 Å². The van der Waals surface area contributed by atoms with Crippen LogP contribution in [0.5, 0.6) is 0 Å². The fourth-order valence-corrected chi connectivity index (χ4v) is 1.73. The molecule has 2 heteroatoms. The van der Waals surface area contributed by atoms with E-state index in [1.54, 1.807) is 6.26 Å². The lowest BCUT2D eigenvalue weighted by molar-refractivity contribution is 0.123. The largest absolute Gasteiger partial charge is 0.502 e. The van der Waals surface area contributed by atoms with Gasteiger partial charge in [-0.25, -0.2) is 0 Å². The number of hydrogen-bond donors (Lipinski definition) is 0. The van der Waals surface area contributed by atoms with Crippen molar-refractivity contribution in [1.82, 2.24) is 0 Å². The fourth-order valence-electron chi connectivity index (χ4n) is 1.73. The molecule has 94 valence electrons. The molecule has 0 spiro atoms. The van der Waals surface area contributed by atoms with Crippen molar-refractivity contribution >= 4 is 0 Å². The van der Waals surface area contributed by atoms with E-state index < -0.39 is 0 Å². The molecule has 0 bridgehead atoms. The highest BCUT2D eigenvalue weighted by molar-refractivity contribution is 4.62. The third kappa shape index (κ3) is 9.63. The van der Waals surface area contributed by atoms with Crippen LogP contribution in [0.3, 0.4) is 0 Å². The summed E-state index contributed by atoms with van der Waals surface area (Å²) in [5.74, 6) is 0. The van der Waals surface area contributed by atoms with E-state index >= 15 is 0 Å². The first-order valence-electron chi connectivity index (χ1n) is 6.34. The lowest BCUT2D eigenvalue weighted by Gasteiger charge is -2.15. The Kier molecular flexibility index (Phi) is 11.5. The van der Waals surface area contributed by atoms with Gasteiger partial charge in [-0.3, -0.25) is 0 Å². The van der Waals surface area contributed by atoms with Crippen LogP contribution in [0.1, 0.15) is 51.9 Å². The fraction of sp³-hybridized carbons (Fsp3) is 0.714. The molecule has 0 saturated carbocycles. The van der Waals surface area contributed by atoms with Gasteiger partial charge in [-0.2, -0.15) is 0 Å². The molecule has 0 amide bonds. The smallest absolute Gasteiger partial charge is 0.0978 e. The Morgan fingerprint density at radius 1 is 1.00 bits per heavy atom. The van der Waals surface area contributed by atoms with Gasteiger partial charge in [0.05, 0.1) is 25.2 Å². The lowest BCUT2D eigenvalue weighted by atomic mass is 10.1. The lowest BCUT2D eigenvalue weighted by Crippen LogP contribution is -2.08. The third-order valence-electron chi connectivity index (χ3n) is 2.56. The minimum atomic E-state index is 0.368. The molecule has 1 unspecified atom stereocenters. The van der Waals surface area contributed by atoms with E-state index in [1.165, 1.54) is 31.9 Å². The van der Waals surface area contributed by atoms with E-state index in [9.17, 15) is 0 Å². The summed E-state index contributed by atoms with van der Waals surface area (Å²) >= 11 is 0. The van der Waals surface area contributed by atoms with Crippen LogP contribution in [-0.4, -0.2) is 12.7 Å². The predicted octanol–water partition coefficient (Wildman–Crippen LogP) is 4.43. The summed E-state index contributed by atoms with van der Waals surface area (Å²) in [7, 11) is 0. The van der Waals surface area contributed by atoms with Crippen LogP contribution < -0.4 is 0 Å². The normalized spacial score (nSPS) is 11.8. The van der Waals surface area contributed by atoms with Crippen LogP contribution in [0.2, 0.25) is 0 Å². The highest BCUT2D eigenvalue weighted by atomic mass is 16.5. The summed E-state index contributed by atoms with van der Waals surface area (Å²) < 4.78 is 10.5. The van der Waals surface area contributed by atoms with Crippen molar-refractivity contribution in [1.29, 1.82) is 0 Å². The molecular formula is C14H26O2. The molecule has 0 aromatic carbocycles. The van der Waals surface area contributed by atoms with Crippen molar-refractivity contribution in [2.45, 2.75) is 58.0 Å². The van der Waals surface area contributed by atoms with E-state index in [0.717, 1.165) is 25.9 Å². The Hall–Kier alpha value is -0.920. The number of ether oxygens (including phenoxy) is 2. The maximum absolute atomic E-state index is 5.45. The molecule has 16 heavy (non-hydrogen) atoms. The molecule has 0 aliphatic rings. The van der Waals surface area contributed by atoms with Gasteiger partial charge in [-0.05, 0) is 25.7 Å². The Labute approximate surface area is 100 Å². The van der Waals surface area contributed by atoms with Gasteiger partial charge in [0.2, 0.25) is 0 Å². The summed E-state index contributed by atoms with van der Waals surface area (Å²) in [6.07, 6.45) is 11.7. The monoisotopic (exact) mass is 226 g/mol. The first-order chi connectivity index (χ1) is 7.85. The highest BCUT2D eigenvalue weighted by Gasteiger charge is 2.05. The topological polar surface area (TPSA) is 18.5 Å². The van der Waals surface area contributed by atoms with Gasteiger partial charge in [0.1, 0.15) is 0 Å². The van der Waals surface area contributed by atoms with E-state index in [-0.39, 0.29) is 0 Å². The summed E-state index contributed by atoms with van der Waals surface area (Å²) in [4.78, 5) is 0. The second kappa shape index (κ2) is 12.2. The molecule has 0 rings (SSSR count). The first kappa shape index (κ1) is 15.1. The standard InChI is InChI=1S/C14H26O2/c1-4-11-14(16-6-3)12-9-7-8-10-13-15-5-2/h5-6,14H,2-4,7-13H2,1H3. The van der Waals surface area contributed by atoms with Gasteiger partial charge in [-0.15, -0.1) is 0 Å². The quantitative estimate of drug-likeness (QED) is 0.362. The van der Waals surface area contributed by atoms with Crippen molar-refractivity contribution in [2.75, 3.05) is 6.61 Å². The van der Waals surface area contributed by atoms with Crippen molar-refractivity contribution in [3.8, 4) is 0 Å². The van der Waals surface area contributed by atoms with E-state index in [1.807, 2.05) is 0 Å². The molecule has 0 aliphatic carbocycles. The van der Waals surface area contributed by atoms with Crippen molar-refractivity contribution in [3.05, 3.63) is 25.7 Å². The zero-order chi connectivity index (χ0) is 12.1. The van der Waals surface area contributed by atoms with Gasteiger partial charge in [0.15, 0.2) is 0 Å². The molecule has 0 aliphatic heterocycles. The van der Waals surface area contributed by atoms with Crippen LogP contribution in [0.4, 0.5) is 0 Å². The maximum Gasteiger partial charge on any atom is 0.0978 e. The number of unbranched alkanes of at least 4 members (excludes halogenated alkanes) is 3. The molecule has 0 saturated heterocycles. The Balaban J connectivity index is 3.32. The number of hydrogen-bond acceptors (Lipinski definition) is 2. The van der Waals surface area contributed by atoms with E-state index in [0.29, 0.717) is 6.10 Å². The molecule has 0 N–H and O–H groups in total. The minimum Gasteiger partial charge on any atom is -0.502 e. The predicted molar refractivity (Wildman–Crippen MR) is 69.2 cm³/mol. The summed E-state index contributed by atoms with van der Waals surface area (Å²) in [6, 6.07) is 0. The second-order valence-electron chi connectivity index (χ2n) is 3.95. The highest BCUT2D eigenvalue weighted by Crippen LogP contribution is 2.13. The average Bonchev–Trinajstić information content (AvgIpc) is 2.28. The molecule has 0 aromatic rings. The maximum atomic E-state index is 5.45. The molecule has 0 fully saturated rings. The first-order valence-corrected chi connectivity index (χ1v) is 6.34. The van der Waals surface area contributed by atoms with Crippen LogP contribution >= 0.6 is 0 Å². The van der Waals surface area contributed by atoms with Crippen molar-refractivity contribution in [3.63, 3.8) is 0 Å². The summed E-state index contributed by atoms with van der Waals surface area (Å²) in [5.41, 5.74) is 0. The van der Waals surface area contributed by atoms with Crippen LogP contribution in [0.25, 0.3) is 0 Å². The van der Waals surface area contributed by atoms with Gasteiger partial charge in [0, 0.05) is 0 Å². The molecule has 2 nitrogen and oxygen atoms in total. The van der Waals surface area contributed by atoms with E-state index in [4.69, 9.17) is 9.47 Å². The Bertz CT molecular complexity index is 166. The molecule has 0 heterocycles. The molecule has 0 radical (unpaired) electrons. The zero-order valence-electron chi connectivity index (χ0n) is 10.6. The second-order valence-corrected chi connectivity index (χ2v) is 3.95. The Morgan fingerprint density at radius 2 is 1.75 bits per heavy atom. The van der Waals surface area contributed by atoms with Gasteiger partial charge >= 0.3 is 0 Å². The molecule has 0 aromatic heterocycles. The van der Waals surface area contributed by atoms with E-state index in [2.05, 4.69) is 20.1 Å². The van der Waals surface area contributed by atoms with Crippen LogP contribution in [-0.2, 0) is 9.47 Å². The summed E-state index contributed by atoms with van der Waals surface area (Å²) in [6.45, 7) is 10.1. The van der Waals surface area contributed by atoms with Crippen molar-refractivity contribution in [2.24, 2.45) is 0 Å².